The van der Waals surface area contributed by atoms with Crippen LogP contribution >= 0.6 is 0 Å². The molecule has 0 aliphatic carbocycles. The minimum atomic E-state index is -1.51. The summed E-state index contributed by atoms with van der Waals surface area (Å²) in [5, 5.41) is 14.6. The number of benzene rings is 2. The second-order valence-electron chi connectivity index (χ2n) is 7.86. The van der Waals surface area contributed by atoms with Crippen molar-refractivity contribution in [1.29, 1.82) is 0 Å². The zero-order chi connectivity index (χ0) is 25.9. The molecule has 4 N–H and O–H groups in total. The SMILES string of the molecule is CNC(=O)C(C(=O)NO)N(C)C(=O)c1ccc(C#Cc2ccc(CNCc3ccccn3)cc2)cc1. The van der Waals surface area contributed by atoms with Crippen LogP contribution in [0.5, 0.6) is 0 Å². The number of hydrogen-bond donors (Lipinski definition) is 4. The minimum Gasteiger partial charge on any atom is -0.357 e. The molecule has 36 heavy (non-hydrogen) atoms. The number of hydroxylamine groups is 1. The van der Waals surface area contributed by atoms with Crippen molar-refractivity contribution in [3.63, 3.8) is 0 Å². The van der Waals surface area contributed by atoms with Crippen molar-refractivity contribution in [3.8, 4) is 11.8 Å². The summed E-state index contributed by atoms with van der Waals surface area (Å²) in [7, 11) is 2.64. The highest BCUT2D eigenvalue weighted by atomic mass is 16.5. The molecule has 3 rings (SSSR count). The standard InChI is InChI=1S/C27H27N5O4/c1-28-25(33)24(26(34)31-36)32(2)27(35)22-14-12-20(13-15-22)7-6-19-8-10-21(11-9-19)17-29-18-23-5-3-4-16-30-23/h3-5,8-16,24,29,36H,17-18H2,1-2H3,(H,28,33)(H,31,34). The lowest BCUT2D eigenvalue weighted by molar-refractivity contribution is -0.140. The average Bonchev–Trinajstić information content (AvgIpc) is 2.92. The number of nitrogens with zero attached hydrogens (tertiary/aromatic N) is 2. The van der Waals surface area contributed by atoms with Gasteiger partial charge in [0.2, 0.25) is 0 Å². The van der Waals surface area contributed by atoms with E-state index in [0.717, 1.165) is 28.3 Å². The number of pyridine rings is 1. The average molecular weight is 486 g/mol. The van der Waals surface area contributed by atoms with Crippen molar-refractivity contribution in [2.45, 2.75) is 19.1 Å². The van der Waals surface area contributed by atoms with Crippen LogP contribution in [0.15, 0.2) is 72.9 Å². The Bertz CT molecular complexity index is 1230. The van der Waals surface area contributed by atoms with Crippen LogP contribution in [-0.4, -0.2) is 52.9 Å². The van der Waals surface area contributed by atoms with E-state index in [4.69, 9.17) is 5.21 Å². The topological polar surface area (TPSA) is 124 Å². The van der Waals surface area contributed by atoms with E-state index in [1.54, 1.807) is 30.5 Å². The molecular formula is C27H27N5O4. The fourth-order valence-corrected chi connectivity index (χ4v) is 3.37. The Morgan fingerprint density at radius 2 is 1.56 bits per heavy atom. The van der Waals surface area contributed by atoms with Gasteiger partial charge in [0.25, 0.3) is 17.7 Å². The van der Waals surface area contributed by atoms with E-state index >= 15 is 0 Å². The van der Waals surface area contributed by atoms with Crippen LogP contribution in [0.4, 0.5) is 0 Å². The van der Waals surface area contributed by atoms with Gasteiger partial charge in [-0.3, -0.25) is 24.6 Å². The van der Waals surface area contributed by atoms with Gasteiger partial charge in [-0.15, -0.1) is 0 Å². The van der Waals surface area contributed by atoms with Gasteiger partial charge in [0.15, 0.2) is 6.04 Å². The Balaban J connectivity index is 1.59. The second-order valence-corrected chi connectivity index (χ2v) is 7.86. The van der Waals surface area contributed by atoms with E-state index in [1.165, 1.54) is 19.6 Å². The second kappa shape index (κ2) is 12.8. The number of carbonyl (C=O) groups excluding carboxylic acids is 3. The largest absolute Gasteiger partial charge is 0.357 e. The fraction of sp³-hybridized carbons (Fsp3) is 0.185. The molecule has 0 fully saturated rings. The Morgan fingerprint density at radius 1 is 0.917 bits per heavy atom. The molecule has 1 heterocycles. The number of nitrogens with one attached hydrogen (secondary N) is 3. The third-order valence-electron chi connectivity index (χ3n) is 5.36. The molecule has 3 aromatic rings. The third kappa shape index (κ3) is 6.99. The van der Waals surface area contributed by atoms with E-state index < -0.39 is 23.8 Å². The van der Waals surface area contributed by atoms with E-state index in [2.05, 4.69) is 27.5 Å². The van der Waals surface area contributed by atoms with Crippen molar-refractivity contribution >= 4 is 17.7 Å². The van der Waals surface area contributed by atoms with Gasteiger partial charge in [0.1, 0.15) is 0 Å². The summed E-state index contributed by atoms with van der Waals surface area (Å²) in [6.07, 6.45) is 1.77. The van der Waals surface area contributed by atoms with Crippen LogP contribution in [0, 0.1) is 11.8 Å². The first-order valence-electron chi connectivity index (χ1n) is 11.2. The minimum absolute atomic E-state index is 0.269. The quantitative estimate of drug-likeness (QED) is 0.166. The number of carbonyl (C=O) groups is 3. The molecule has 9 nitrogen and oxygen atoms in total. The summed E-state index contributed by atoms with van der Waals surface area (Å²) in [4.78, 5) is 41.8. The van der Waals surface area contributed by atoms with Crippen LogP contribution in [0.1, 0.15) is 32.7 Å². The molecule has 3 amide bonds. The van der Waals surface area contributed by atoms with Gasteiger partial charge in [0.05, 0.1) is 5.69 Å². The lowest BCUT2D eigenvalue weighted by Gasteiger charge is -2.25. The van der Waals surface area contributed by atoms with Crippen molar-refractivity contribution < 1.29 is 19.6 Å². The molecule has 0 saturated heterocycles. The molecule has 0 aliphatic rings. The van der Waals surface area contributed by atoms with Crippen molar-refractivity contribution in [3.05, 3.63) is 101 Å². The van der Waals surface area contributed by atoms with Gasteiger partial charge in [-0.25, -0.2) is 5.48 Å². The molecule has 1 aromatic heterocycles. The van der Waals surface area contributed by atoms with Crippen molar-refractivity contribution in [2.24, 2.45) is 0 Å². The van der Waals surface area contributed by atoms with E-state index in [0.29, 0.717) is 12.1 Å². The molecule has 184 valence electrons. The number of rotatable bonds is 8. The van der Waals surface area contributed by atoms with Crippen LogP contribution in [0.3, 0.4) is 0 Å². The Kier molecular flexibility index (Phi) is 9.28. The molecule has 1 unspecified atom stereocenters. The monoisotopic (exact) mass is 485 g/mol. The highest BCUT2D eigenvalue weighted by molar-refractivity contribution is 6.08. The van der Waals surface area contributed by atoms with Crippen LogP contribution in [0.25, 0.3) is 0 Å². The van der Waals surface area contributed by atoms with Crippen molar-refractivity contribution in [2.75, 3.05) is 14.1 Å². The molecule has 0 spiro atoms. The Hall–Kier alpha value is -4.52. The van der Waals surface area contributed by atoms with E-state index in [1.807, 2.05) is 42.5 Å². The van der Waals surface area contributed by atoms with Crippen LogP contribution < -0.4 is 16.1 Å². The first kappa shape index (κ1) is 26.1. The van der Waals surface area contributed by atoms with Gasteiger partial charge < -0.3 is 15.5 Å². The summed E-state index contributed by atoms with van der Waals surface area (Å²) in [6, 6.07) is 18.7. The lowest BCUT2D eigenvalue weighted by atomic mass is 10.1. The smallest absolute Gasteiger partial charge is 0.275 e. The highest BCUT2D eigenvalue weighted by Crippen LogP contribution is 2.10. The van der Waals surface area contributed by atoms with E-state index in [-0.39, 0.29) is 5.56 Å². The maximum absolute atomic E-state index is 12.7. The maximum atomic E-state index is 12.7. The van der Waals surface area contributed by atoms with Gasteiger partial charge in [-0.2, -0.15) is 0 Å². The number of amides is 3. The Labute approximate surface area is 209 Å². The number of likely N-dealkylation sites (N-methyl/N-ethyl adjacent to an activating group) is 2. The Morgan fingerprint density at radius 3 is 2.11 bits per heavy atom. The first-order valence-corrected chi connectivity index (χ1v) is 11.2. The third-order valence-corrected chi connectivity index (χ3v) is 5.36. The summed E-state index contributed by atoms with van der Waals surface area (Å²) < 4.78 is 0. The number of aromatic nitrogens is 1. The van der Waals surface area contributed by atoms with Crippen LogP contribution in [-0.2, 0) is 22.7 Å². The van der Waals surface area contributed by atoms with Crippen molar-refractivity contribution in [1.82, 2.24) is 26.0 Å². The molecule has 9 heteroatoms. The van der Waals surface area contributed by atoms with Crippen LogP contribution in [0.2, 0.25) is 0 Å². The number of hydrogen-bond acceptors (Lipinski definition) is 6. The normalized spacial score (nSPS) is 11.0. The molecule has 0 saturated carbocycles. The predicted molar refractivity (Wildman–Crippen MR) is 134 cm³/mol. The van der Waals surface area contributed by atoms with Gasteiger partial charge in [0, 0.05) is 50.1 Å². The van der Waals surface area contributed by atoms with Gasteiger partial charge in [-0.1, -0.05) is 30.0 Å². The molecule has 0 aliphatic heterocycles. The lowest BCUT2D eigenvalue weighted by Crippen LogP contribution is -2.54. The molecule has 0 radical (unpaired) electrons. The summed E-state index contributed by atoms with van der Waals surface area (Å²) in [5.41, 5.74) is 5.35. The zero-order valence-corrected chi connectivity index (χ0v) is 20.0. The summed E-state index contributed by atoms with van der Waals surface area (Å²) >= 11 is 0. The summed E-state index contributed by atoms with van der Waals surface area (Å²) in [6.45, 7) is 1.41. The zero-order valence-electron chi connectivity index (χ0n) is 20.0. The first-order chi connectivity index (χ1) is 17.4. The fourth-order valence-electron chi connectivity index (χ4n) is 3.37. The summed E-state index contributed by atoms with van der Waals surface area (Å²) in [5.74, 6) is 3.86. The highest BCUT2D eigenvalue weighted by Gasteiger charge is 2.33. The molecule has 2 aromatic carbocycles. The van der Waals surface area contributed by atoms with Gasteiger partial charge in [-0.05, 0) is 54.1 Å². The van der Waals surface area contributed by atoms with Gasteiger partial charge >= 0.3 is 0 Å². The molecule has 1 atom stereocenters. The predicted octanol–water partition coefficient (Wildman–Crippen LogP) is 1.46. The molecular weight excluding hydrogens is 458 g/mol. The van der Waals surface area contributed by atoms with E-state index in [9.17, 15) is 14.4 Å². The maximum Gasteiger partial charge on any atom is 0.275 e. The molecule has 0 bridgehead atoms.